The first-order valence-corrected chi connectivity index (χ1v) is 13.8. The van der Waals surface area contributed by atoms with E-state index in [0.29, 0.717) is 30.5 Å². The second-order valence-electron chi connectivity index (χ2n) is 10.4. The van der Waals surface area contributed by atoms with Crippen molar-refractivity contribution in [2.24, 2.45) is 0 Å². The van der Waals surface area contributed by atoms with Gasteiger partial charge in [-0.3, -0.25) is 0 Å². The van der Waals surface area contributed by atoms with Crippen molar-refractivity contribution in [2.75, 3.05) is 49.8 Å². The number of aromatic nitrogens is 3. The molecule has 2 saturated heterocycles. The SMILES string of the molecule is COc1ccc(-c2ccc3c(N4CCOC[C@@H]4C)nc(N4CCC(c5ccccc5)CC4)nc3n2)cc1CO. The first kappa shape index (κ1) is 25.5. The minimum Gasteiger partial charge on any atom is -0.496 e. The summed E-state index contributed by atoms with van der Waals surface area (Å²) in [6.07, 6.45) is 2.13. The minimum atomic E-state index is -0.102. The van der Waals surface area contributed by atoms with Crippen LogP contribution in [0.4, 0.5) is 11.8 Å². The summed E-state index contributed by atoms with van der Waals surface area (Å²) in [5.41, 5.74) is 4.52. The van der Waals surface area contributed by atoms with Crippen LogP contribution in [0.5, 0.6) is 5.75 Å². The Balaban J connectivity index is 1.38. The maximum absolute atomic E-state index is 9.83. The Morgan fingerprint density at radius 1 is 0.974 bits per heavy atom. The van der Waals surface area contributed by atoms with Gasteiger partial charge in [0.1, 0.15) is 11.6 Å². The van der Waals surface area contributed by atoms with Gasteiger partial charge in [-0.25, -0.2) is 4.98 Å². The summed E-state index contributed by atoms with van der Waals surface area (Å²) in [6, 6.07) is 20.8. The summed E-state index contributed by atoms with van der Waals surface area (Å²) >= 11 is 0. The Bertz CT molecular complexity index is 1440. The van der Waals surface area contributed by atoms with Gasteiger partial charge in [0.15, 0.2) is 5.65 Å². The number of ether oxygens (including phenoxy) is 2. The second-order valence-corrected chi connectivity index (χ2v) is 10.4. The molecule has 2 aliphatic heterocycles. The van der Waals surface area contributed by atoms with Crippen LogP contribution in [0.2, 0.25) is 0 Å². The van der Waals surface area contributed by atoms with Gasteiger partial charge in [0.25, 0.3) is 0 Å². The lowest BCUT2D eigenvalue weighted by Crippen LogP contribution is -2.44. The first-order chi connectivity index (χ1) is 19.1. The molecule has 202 valence electrons. The highest BCUT2D eigenvalue weighted by atomic mass is 16.5. The number of hydrogen-bond acceptors (Lipinski definition) is 8. The number of aliphatic hydroxyl groups excluding tert-OH is 1. The smallest absolute Gasteiger partial charge is 0.229 e. The van der Waals surface area contributed by atoms with Gasteiger partial charge in [-0.1, -0.05) is 30.3 Å². The maximum Gasteiger partial charge on any atom is 0.229 e. The molecule has 1 N–H and O–H groups in total. The number of fused-ring (bicyclic) bond motifs is 1. The Morgan fingerprint density at radius 3 is 2.54 bits per heavy atom. The summed E-state index contributed by atoms with van der Waals surface area (Å²) in [6.45, 7) is 6.01. The van der Waals surface area contributed by atoms with Crippen molar-refractivity contribution in [3.05, 3.63) is 71.8 Å². The Hall–Kier alpha value is -3.75. The van der Waals surface area contributed by atoms with Crippen LogP contribution in [0.3, 0.4) is 0 Å². The molecule has 2 aliphatic rings. The van der Waals surface area contributed by atoms with Crippen LogP contribution >= 0.6 is 0 Å². The number of methoxy groups -OCH3 is 1. The molecule has 0 saturated carbocycles. The predicted octanol–water partition coefficient (Wildman–Crippen LogP) is 4.80. The van der Waals surface area contributed by atoms with E-state index >= 15 is 0 Å². The molecule has 0 amide bonds. The fourth-order valence-electron chi connectivity index (χ4n) is 5.75. The standard InChI is InChI=1S/C31H35N5O3/c1-21-20-39-17-16-36(21)30-26-9-10-27(24-8-11-28(38-2)25(18-24)19-37)32-29(26)33-31(34-30)35-14-12-23(13-15-35)22-6-4-3-5-7-22/h3-11,18,21,23,37H,12-17,19-20H2,1-2H3/t21-/m0/s1. The number of nitrogens with zero attached hydrogens (tertiary/aromatic N) is 5. The summed E-state index contributed by atoms with van der Waals surface area (Å²) in [4.78, 5) is 19.8. The molecule has 2 aromatic carbocycles. The first-order valence-electron chi connectivity index (χ1n) is 13.8. The monoisotopic (exact) mass is 525 g/mol. The van der Waals surface area contributed by atoms with Gasteiger partial charge in [-0.15, -0.1) is 0 Å². The van der Waals surface area contributed by atoms with E-state index in [1.54, 1.807) is 7.11 Å². The Kier molecular flexibility index (Phi) is 7.30. The summed E-state index contributed by atoms with van der Waals surface area (Å²) in [5, 5.41) is 10.8. The zero-order valence-electron chi connectivity index (χ0n) is 22.6. The molecular weight excluding hydrogens is 490 g/mol. The van der Waals surface area contributed by atoms with Crippen molar-refractivity contribution in [2.45, 2.75) is 38.3 Å². The molecular formula is C31H35N5O3. The molecule has 0 bridgehead atoms. The molecule has 4 aromatic rings. The van der Waals surface area contributed by atoms with Gasteiger partial charge in [-0.2, -0.15) is 9.97 Å². The highest BCUT2D eigenvalue weighted by molar-refractivity contribution is 5.90. The molecule has 0 aliphatic carbocycles. The molecule has 0 spiro atoms. The number of benzene rings is 2. The molecule has 2 aromatic heterocycles. The van der Waals surface area contributed by atoms with E-state index < -0.39 is 0 Å². The van der Waals surface area contributed by atoms with Gasteiger partial charge in [-0.05, 0) is 61.6 Å². The highest BCUT2D eigenvalue weighted by Crippen LogP contribution is 2.34. The average Bonchev–Trinajstić information content (AvgIpc) is 3.00. The van der Waals surface area contributed by atoms with Crippen LogP contribution in [0, 0.1) is 0 Å². The highest BCUT2D eigenvalue weighted by Gasteiger charge is 2.27. The van der Waals surface area contributed by atoms with Crippen molar-refractivity contribution in [1.29, 1.82) is 0 Å². The Labute approximate surface area is 229 Å². The van der Waals surface area contributed by atoms with Gasteiger partial charge < -0.3 is 24.4 Å². The minimum absolute atomic E-state index is 0.102. The van der Waals surface area contributed by atoms with Gasteiger partial charge in [0.05, 0.1) is 44.1 Å². The van der Waals surface area contributed by atoms with E-state index in [4.69, 9.17) is 24.4 Å². The maximum atomic E-state index is 9.83. The average molecular weight is 526 g/mol. The van der Waals surface area contributed by atoms with Crippen molar-refractivity contribution in [1.82, 2.24) is 15.0 Å². The number of aliphatic hydroxyl groups is 1. The van der Waals surface area contributed by atoms with Gasteiger partial charge in [0.2, 0.25) is 5.95 Å². The number of piperidine rings is 1. The topological polar surface area (TPSA) is 83.8 Å². The van der Waals surface area contributed by atoms with Crippen LogP contribution in [0.1, 0.15) is 36.8 Å². The molecule has 6 rings (SSSR count). The molecule has 0 radical (unpaired) electrons. The third-order valence-corrected chi connectivity index (χ3v) is 7.96. The fraction of sp³-hybridized carbons (Fsp3) is 0.387. The van der Waals surface area contributed by atoms with E-state index in [1.165, 1.54) is 5.56 Å². The van der Waals surface area contributed by atoms with Gasteiger partial charge in [0, 0.05) is 30.8 Å². The quantitative estimate of drug-likeness (QED) is 0.384. The normalized spacial score (nSPS) is 18.5. The third kappa shape index (κ3) is 5.14. The van der Waals surface area contributed by atoms with E-state index in [1.807, 2.05) is 24.3 Å². The van der Waals surface area contributed by atoms with Crippen molar-refractivity contribution < 1.29 is 14.6 Å². The van der Waals surface area contributed by atoms with E-state index in [9.17, 15) is 5.11 Å². The van der Waals surface area contributed by atoms with Crippen LogP contribution < -0.4 is 14.5 Å². The number of hydrogen-bond donors (Lipinski definition) is 1. The number of morpholine rings is 1. The van der Waals surface area contributed by atoms with Crippen LogP contribution in [0.25, 0.3) is 22.3 Å². The molecule has 8 heteroatoms. The van der Waals surface area contributed by atoms with Crippen LogP contribution in [-0.4, -0.2) is 66.1 Å². The lowest BCUT2D eigenvalue weighted by Gasteiger charge is -2.36. The largest absolute Gasteiger partial charge is 0.496 e. The number of anilines is 2. The van der Waals surface area contributed by atoms with Gasteiger partial charge >= 0.3 is 0 Å². The fourth-order valence-corrected chi connectivity index (χ4v) is 5.75. The van der Waals surface area contributed by atoms with Crippen LogP contribution in [0.15, 0.2) is 60.7 Å². The third-order valence-electron chi connectivity index (χ3n) is 7.96. The van der Waals surface area contributed by atoms with E-state index in [0.717, 1.165) is 66.4 Å². The van der Waals surface area contributed by atoms with E-state index in [-0.39, 0.29) is 12.6 Å². The summed E-state index contributed by atoms with van der Waals surface area (Å²) in [7, 11) is 1.61. The van der Waals surface area contributed by atoms with Crippen molar-refractivity contribution >= 4 is 22.8 Å². The second kappa shape index (κ2) is 11.2. The summed E-state index contributed by atoms with van der Waals surface area (Å²) in [5.74, 6) is 2.87. The molecule has 39 heavy (non-hydrogen) atoms. The molecule has 1 atom stereocenters. The van der Waals surface area contributed by atoms with Crippen molar-refractivity contribution in [3.63, 3.8) is 0 Å². The zero-order chi connectivity index (χ0) is 26.8. The molecule has 2 fully saturated rings. The zero-order valence-corrected chi connectivity index (χ0v) is 22.6. The molecule has 4 heterocycles. The van der Waals surface area contributed by atoms with Crippen molar-refractivity contribution in [3.8, 4) is 17.0 Å². The molecule has 8 nitrogen and oxygen atoms in total. The lowest BCUT2D eigenvalue weighted by molar-refractivity contribution is 0.0987. The predicted molar refractivity (Wildman–Crippen MR) is 154 cm³/mol. The number of rotatable bonds is 6. The summed E-state index contributed by atoms with van der Waals surface area (Å²) < 4.78 is 11.1. The Morgan fingerprint density at radius 2 is 1.79 bits per heavy atom. The number of pyridine rings is 1. The lowest BCUT2D eigenvalue weighted by atomic mass is 9.90. The van der Waals surface area contributed by atoms with E-state index in [2.05, 4.69) is 53.1 Å². The van der Waals surface area contributed by atoms with Crippen LogP contribution in [-0.2, 0) is 11.3 Å². The molecule has 0 unspecified atom stereocenters.